The van der Waals surface area contributed by atoms with Crippen LogP contribution in [0.2, 0.25) is 5.02 Å². The zero-order valence-electron chi connectivity index (χ0n) is 10.5. The first-order chi connectivity index (χ1) is 8.67. The van der Waals surface area contributed by atoms with E-state index in [2.05, 4.69) is 5.10 Å². The molecule has 5 heteroatoms. The van der Waals surface area contributed by atoms with Crippen molar-refractivity contribution in [3.05, 3.63) is 40.7 Å². The van der Waals surface area contributed by atoms with Crippen molar-refractivity contribution >= 4 is 11.6 Å². The third kappa shape index (κ3) is 2.35. The number of hydrogen-bond donors (Lipinski definition) is 1. The molecule has 0 unspecified atom stereocenters. The van der Waals surface area contributed by atoms with Gasteiger partial charge in [0.1, 0.15) is 5.75 Å². The molecule has 2 rings (SSSR count). The van der Waals surface area contributed by atoms with Gasteiger partial charge in [-0.15, -0.1) is 0 Å². The summed E-state index contributed by atoms with van der Waals surface area (Å²) in [4.78, 5) is 0. The molecule has 0 atom stereocenters. The maximum Gasteiger partial charge on any atom is 0.137 e. The molecule has 0 amide bonds. The van der Waals surface area contributed by atoms with E-state index in [0.29, 0.717) is 17.3 Å². The number of aromatic nitrogens is 2. The predicted octanol–water partition coefficient (Wildman–Crippen LogP) is 2.34. The smallest absolute Gasteiger partial charge is 0.137 e. The molecule has 0 spiro atoms. The van der Waals surface area contributed by atoms with Gasteiger partial charge in [-0.05, 0) is 43.7 Å². The zero-order valence-corrected chi connectivity index (χ0v) is 11.2. The van der Waals surface area contributed by atoms with E-state index >= 15 is 0 Å². The molecule has 0 saturated heterocycles. The van der Waals surface area contributed by atoms with Crippen molar-refractivity contribution in [1.82, 2.24) is 9.78 Å². The van der Waals surface area contributed by atoms with Crippen molar-refractivity contribution in [1.29, 1.82) is 0 Å². The van der Waals surface area contributed by atoms with Gasteiger partial charge in [0, 0.05) is 5.69 Å². The van der Waals surface area contributed by atoms with Crippen LogP contribution in [0, 0.1) is 6.92 Å². The Kier molecular flexibility index (Phi) is 3.89. The van der Waals surface area contributed by atoms with E-state index in [1.165, 1.54) is 0 Å². The Morgan fingerprint density at radius 1 is 1.44 bits per heavy atom. The molecular formula is C13H16ClN3O. The van der Waals surface area contributed by atoms with Gasteiger partial charge in [0.25, 0.3) is 0 Å². The normalized spacial score (nSPS) is 10.7. The highest BCUT2D eigenvalue weighted by Gasteiger charge is 2.09. The third-order valence-electron chi connectivity index (χ3n) is 2.91. The molecule has 2 aromatic rings. The fourth-order valence-electron chi connectivity index (χ4n) is 1.89. The second kappa shape index (κ2) is 5.42. The second-order valence-electron chi connectivity index (χ2n) is 4.02. The predicted molar refractivity (Wildman–Crippen MR) is 72.6 cm³/mol. The first kappa shape index (κ1) is 12.9. The van der Waals surface area contributed by atoms with E-state index in [0.717, 1.165) is 23.4 Å². The Morgan fingerprint density at radius 2 is 2.22 bits per heavy atom. The van der Waals surface area contributed by atoms with Gasteiger partial charge in [0.2, 0.25) is 0 Å². The summed E-state index contributed by atoms with van der Waals surface area (Å²) in [5, 5.41) is 4.94. The summed E-state index contributed by atoms with van der Waals surface area (Å²) in [5.41, 5.74) is 8.72. The molecule has 1 aromatic heterocycles. The topological polar surface area (TPSA) is 53.1 Å². The Hall–Kier alpha value is -1.52. The summed E-state index contributed by atoms with van der Waals surface area (Å²) in [6, 6.07) is 5.60. The van der Waals surface area contributed by atoms with Crippen LogP contribution in [0.3, 0.4) is 0 Å². The molecule has 0 fully saturated rings. The van der Waals surface area contributed by atoms with Crippen LogP contribution < -0.4 is 10.5 Å². The summed E-state index contributed by atoms with van der Waals surface area (Å²) in [6.07, 6.45) is 2.68. The van der Waals surface area contributed by atoms with Crippen LogP contribution in [0.15, 0.2) is 24.4 Å². The molecule has 0 bridgehead atoms. The highest BCUT2D eigenvalue weighted by molar-refractivity contribution is 6.32. The van der Waals surface area contributed by atoms with Crippen LogP contribution in [0.1, 0.15) is 11.3 Å². The van der Waals surface area contributed by atoms with E-state index < -0.39 is 0 Å². The molecule has 0 aliphatic heterocycles. The van der Waals surface area contributed by atoms with E-state index in [1.54, 1.807) is 7.11 Å². The van der Waals surface area contributed by atoms with Gasteiger partial charge >= 0.3 is 0 Å². The number of rotatable bonds is 4. The van der Waals surface area contributed by atoms with Gasteiger partial charge in [-0.1, -0.05) is 11.6 Å². The van der Waals surface area contributed by atoms with Crippen molar-refractivity contribution in [2.24, 2.45) is 5.73 Å². The highest BCUT2D eigenvalue weighted by Crippen LogP contribution is 2.27. The van der Waals surface area contributed by atoms with E-state index in [-0.39, 0.29) is 0 Å². The number of halogens is 1. The summed E-state index contributed by atoms with van der Waals surface area (Å²) in [5.74, 6) is 0.660. The Balaban J connectivity index is 2.39. The molecule has 2 N–H and O–H groups in total. The van der Waals surface area contributed by atoms with Gasteiger partial charge in [-0.3, -0.25) is 0 Å². The van der Waals surface area contributed by atoms with Crippen molar-refractivity contribution in [2.45, 2.75) is 13.3 Å². The first-order valence-electron chi connectivity index (χ1n) is 5.75. The lowest BCUT2D eigenvalue weighted by Gasteiger charge is -2.08. The maximum atomic E-state index is 6.11. The molecular weight excluding hydrogens is 250 g/mol. The lowest BCUT2D eigenvalue weighted by Crippen LogP contribution is -2.04. The molecule has 0 saturated carbocycles. The van der Waals surface area contributed by atoms with Gasteiger partial charge in [-0.2, -0.15) is 5.10 Å². The number of nitrogens with zero attached hydrogens (tertiary/aromatic N) is 2. The monoisotopic (exact) mass is 265 g/mol. The molecule has 0 aliphatic carbocycles. The van der Waals surface area contributed by atoms with Crippen molar-refractivity contribution in [3.63, 3.8) is 0 Å². The van der Waals surface area contributed by atoms with Gasteiger partial charge in [0.15, 0.2) is 0 Å². The fourth-order valence-corrected chi connectivity index (χ4v) is 2.14. The summed E-state index contributed by atoms with van der Waals surface area (Å²) >= 11 is 6.11. The van der Waals surface area contributed by atoms with Crippen LogP contribution >= 0.6 is 11.6 Å². The van der Waals surface area contributed by atoms with E-state index in [4.69, 9.17) is 22.1 Å². The molecule has 96 valence electrons. The second-order valence-corrected chi connectivity index (χ2v) is 4.43. The summed E-state index contributed by atoms with van der Waals surface area (Å²) < 4.78 is 6.99. The third-order valence-corrected chi connectivity index (χ3v) is 3.20. The maximum absolute atomic E-state index is 6.11. The SMILES string of the molecule is COc1ccc(-n2ncc(CCN)c2C)cc1Cl. The van der Waals surface area contributed by atoms with E-state index in [9.17, 15) is 0 Å². The number of benzene rings is 1. The lowest BCUT2D eigenvalue weighted by atomic mass is 10.2. The van der Waals surface area contributed by atoms with Gasteiger partial charge in [-0.25, -0.2) is 4.68 Å². The fraction of sp³-hybridized carbons (Fsp3) is 0.308. The van der Waals surface area contributed by atoms with Crippen molar-refractivity contribution in [2.75, 3.05) is 13.7 Å². The number of nitrogens with two attached hydrogens (primary N) is 1. The number of methoxy groups -OCH3 is 1. The Morgan fingerprint density at radius 3 is 2.83 bits per heavy atom. The quantitative estimate of drug-likeness (QED) is 0.923. The van der Waals surface area contributed by atoms with Crippen molar-refractivity contribution < 1.29 is 4.74 Å². The largest absolute Gasteiger partial charge is 0.495 e. The average molecular weight is 266 g/mol. The summed E-state index contributed by atoms with van der Waals surface area (Å²) in [7, 11) is 1.60. The standard InChI is InChI=1S/C13H16ClN3O/c1-9-10(5-6-15)8-16-17(9)11-3-4-13(18-2)12(14)7-11/h3-4,7-8H,5-6,15H2,1-2H3. The average Bonchev–Trinajstić information content (AvgIpc) is 2.72. The Labute approximate surface area is 111 Å². The van der Waals surface area contributed by atoms with Crippen LogP contribution in [-0.2, 0) is 6.42 Å². The minimum Gasteiger partial charge on any atom is -0.495 e. The molecule has 0 radical (unpaired) electrons. The lowest BCUT2D eigenvalue weighted by molar-refractivity contribution is 0.415. The van der Waals surface area contributed by atoms with E-state index in [1.807, 2.05) is 36.0 Å². The molecule has 1 aromatic carbocycles. The Bertz CT molecular complexity index is 551. The summed E-state index contributed by atoms with van der Waals surface area (Å²) in [6.45, 7) is 2.64. The van der Waals surface area contributed by atoms with Gasteiger partial charge in [0.05, 0.1) is 24.0 Å². The van der Waals surface area contributed by atoms with Crippen LogP contribution in [-0.4, -0.2) is 23.4 Å². The van der Waals surface area contributed by atoms with Crippen LogP contribution in [0.4, 0.5) is 0 Å². The van der Waals surface area contributed by atoms with Crippen LogP contribution in [0.25, 0.3) is 5.69 Å². The minimum absolute atomic E-state index is 0.574. The van der Waals surface area contributed by atoms with Gasteiger partial charge < -0.3 is 10.5 Å². The zero-order chi connectivity index (χ0) is 13.1. The van der Waals surface area contributed by atoms with Crippen molar-refractivity contribution in [3.8, 4) is 11.4 Å². The van der Waals surface area contributed by atoms with Crippen LogP contribution in [0.5, 0.6) is 5.75 Å². The minimum atomic E-state index is 0.574. The molecule has 4 nitrogen and oxygen atoms in total. The number of hydrogen-bond acceptors (Lipinski definition) is 3. The highest BCUT2D eigenvalue weighted by atomic mass is 35.5. The molecule has 18 heavy (non-hydrogen) atoms. The number of ether oxygens (including phenoxy) is 1. The molecule has 1 heterocycles. The molecule has 0 aliphatic rings. The first-order valence-corrected chi connectivity index (χ1v) is 6.12.